The molecule has 0 aromatic carbocycles. The second kappa shape index (κ2) is 3.37. The van der Waals surface area contributed by atoms with Gasteiger partial charge in [-0.3, -0.25) is 4.79 Å². The first-order valence-corrected chi connectivity index (χ1v) is 3.81. The van der Waals surface area contributed by atoms with E-state index in [0.29, 0.717) is 0 Å². The number of amides is 1. The third kappa shape index (κ3) is 1.93. The first kappa shape index (κ1) is 8.05. The molecule has 11 heavy (non-hydrogen) atoms. The van der Waals surface area contributed by atoms with Crippen molar-refractivity contribution in [3.63, 3.8) is 0 Å². The summed E-state index contributed by atoms with van der Waals surface area (Å²) in [7, 11) is 0. The number of carbonyl (C=O) groups excluding carboxylic acids is 1. The summed E-state index contributed by atoms with van der Waals surface area (Å²) < 4.78 is 0. The maximum absolute atomic E-state index is 11.1. The lowest BCUT2D eigenvalue weighted by molar-refractivity contribution is -0.125. The molecule has 0 fully saturated rings. The van der Waals surface area contributed by atoms with E-state index < -0.39 is 0 Å². The van der Waals surface area contributed by atoms with Gasteiger partial charge in [0.1, 0.15) is 0 Å². The van der Waals surface area contributed by atoms with E-state index in [-0.39, 0.29) is 5.91 Å². The molecule has 1 aliphatic heterocycles. The topological polar surface area (TPSA) is 20.3 Å². The summed E-state index contributed by atoms with van der Waals surface area (Å²) in [6.07, 6.45) is 4.46. The molecule has 0 saturated carbocycles. The van der Waals surface area contributed by atoms with Crippen molar-refractivity contribution < 1.29 is 4.79 Å². The van der Waals surface area contributed by atoms with Crippen LogP contribution in [0.2, 0.25) is 0 Å². The summed E-state index contributed by atoms with van der Waals surface area (Å²) >= 11 is 0. The van der Waals surface area contributed by atoms with Crippen LogP contribution in [0.4, 0.5) is 0 Å². The van der Waals surface area contributed by atoms with Crippen LogP contribution in [0.1, 0.15) is 13.3 Å². The number of hydrogen-bond acceptors (Lipinski definition) is 1. The Hall–Kier alpha value is -1.05. The molecule has 0 aliphatic carbocycles. The smallest absolute Gasteiger partial charge is 0.246 e. The Kier molecular flexibility index (Phi) is 2.47. The standard InChI is InChI=1S/C9H13NO/c1-3-9(11)10-6-4-8(2)5-7-10/h3-4H,1,5-7H2,2H3. The average Bonchev–Trinajstić information content (AvgIpc) is 2.05. The van der Waals surface area contributed by atoms with Gasteiger partial charge in [-0.25, -0.2) is 0 Å². The van der Waals surface area contributed by atoms with Gasteiger partial charge in [-0.1, -0.05) is 18.2 Å². The summed E-state index contributed by atoms with van der Waals surface area (Å²) in [4.78, 5) is 12.8. The van der Waals surface area contributed by atoms with Crippen LogP contribution in [-0.2, 0) is 4.79 Å². The lowest BCUT2D eigenvalue weighted by Crippen LogP contribution is -2.33. The SMILES string of the molecule is C=CC(=O)N1CC=C(C)CC1. The molecule has 0 radical (unpaired) electrons. The van der Waals surface area contributed by atoms with Gasteiger partial charge in [0.25, 0.3) is 0 Å². The van der Waals surface area contributed by atoms with E-state index in [1.165, 1.54) is 11.6 Å². The van der Waals surface area contributed by atoms with Gasteiger partial charge in [-0.2, -0.15) is 0 Å². The predicted molar refractivity (Wildman–Crippen MR) is 45.2 cm³/mol. The van der Waals surface area contributed by atoms with Gasteiger partial charge >= 0.3 is 0 Å². The molecule has 0 unspecified atom stereocenters. The molecule has 0 saturated heterocycles. The number of carbonyl (C=O) groups is 1. The van der Waals surface area contributed by atoms with E-state index in [1.54, 1.807) is 4.90 Å². The van der Waals surface area contributed by atoms with Gasteiger partial charge in [0.05, 0.1) is 0 Å². The third-order valence-electron chi connectivity index (χ3n) is 1.92. The molecule has 2 nitrogen and oxygen atoms in total. The fourth-order valence-electron chi connectivity index (χ4n) is 1.10. The summed E-state index contributed by atoms with van der Waals surface area (Å²) in [6.45, 7) is 7.12. The van der Waals surface area contributed by atoms with Gasteiger partial charge in [0.2, 0.25) is 5.91 Å². The Morgan fingerprint density at radius 1 is 1.82 bits per heavy atom. The van der Waals surface area contributed by atoms with Crippen molar-refractivity contribution in [2.75, 3.05) is 13.1 Å². The molecule has 1 heterocycles. The summed E-state index contributed by atoms with van der Waals surface area (Å²) in [5.74, 6) is 0.0359. The Morgan fingerprint density at radius 3 is 3.00 bits per heavy atom. The maximum Gasteiger partial charge on any atom is 0.246 e. The number of rotatable bonds is 1. The monoisotopic (exact) mass is 151 g/mol. The van der Waals surface area contributed by atoms with Crippen molar-refractivity contribution >= 4 is 5.91 Å². The molecule has 1 amide bonds. The van der Waals surface area contributed by atoms with Crippen molar-refractivity contribution in [2.24, 2.45) is 0 Å². The van der Waals surface area contributed by atoms with E-state index in [1.807, 2.05) is 0 Å². The highest BCUT2D eigenvalue weighted by Crippen LogP contribution is 2.09. The minimum atomic E-state index is 0.0359. The molecule has 0 N–H and O–H groups in total. The molecular weight excluding hydrogens is 138 g/mol. The predicted octanol–water partition coefficient (Wildman–Crippen LogP) is 1.35. The van der Waals surface area contributed by atoms with Gasteiger partial charge in [0.15, 0.2) is 0 Å². The zero-order valence-electron chi connectivity index (χ0n) is 6.84. The van der Waals surface area contributed by atoms with Gasteiger partial charge < -0.3 is 4.90 Å². The molecule has 0 spiro atoms. The Balaban J connectivity index is 2.53. The summed E-state index contributed by atoms with van der Waals surface area (Å²) in [6, 6.07) is 0. The van der Waals surface area contributed by atoms with Crippen molar-refractivity contribution in [1.29, 1.82) is 0 Å². The zero-order chi connectivity index (χ0) is 8.27. The lowest BCUT2D eigenvalue weighted by atomic mass is 10.1. The molecule has 1 rings (SSSR count). The van der Waals surface area contributed by atoms with Crippen LogP contribution in [0.5, 0.6) is 0 Å². The van der Waals surface area contributed by atoms with Crippen LogP contribution in [0.3, 0.4) is 0 Å². The molecule has 0 aromatic rings. The highest BCUT2D eigenvalue weighted by atomic mass is 16.2. The Labute approximate surface area is 67.2 Å². The molecule has 0 atom stereocenters. The number of hydrogen-bond donors (Lipinski definition) is 0. The number of nitrogens with zero attached hydrogens (tertiary/aromatic N) is 1. The van der Waals surface area contributed by atoms with Crippen LogP contribution in [0.25, 0.3) is 0 Å². The zero-order valence-corrected chi connectivity index (χ0v) is 6.84. The molecule has 1 aliphatic rings. The molecular formula is C9H13NO. The molecule has 0 bridgehead atoms. The Morgan fingerprint density at radius 2 is 2.55 bits per heavy atom. The quantitative estimate of drug-likeness (QED) is 0.409. The summed E-state index contributed by atoms with van der Waals surface area (Å²) in [5, 5.41) is 0. The van der Waals surface area contributed by atoms with Crippen LogP contribution in [0, 0.1) is 0 Å². The lowest BCUT2D eigenvalue weighted by Gasteiger charge is -2.23. The molecule has 0 aromatic heterocycles. The normalized spacial score (nSPS) is 17.5. The van der Waals surface area contributed by atoms with E-state index in [9.17, 15) is 4.79 Å². The van der Waals surface area contributed by atoms with E-state index in [2.05, 4.69) is 19.6 Å². The largest absolute Gasteiger partial charge is 0.335 e. The van der Waals surface area contributed by atoms with Crippen LogP contribution in [-0.4, -0.2) is 23.9 Å². The van der Waals surface area contributed by atoms with Crippen molar-refractivity contribution in [1.82, 2.24) is 4.90 Å². The minimum absolute atomic E-state index is 0.0359. The first-order chi connectivity index (χ1) is 5.24. The second-order valence-electron chi connectivity index (χ2n) is 2.79. The first-order valence-electron chi connectivity index (χ1n) is 3.81. The molecule has 60 valence electrons. The van der Waals surface area contributed by atoms with Gasteiger partial charge in [-0.05, 0) is 19.4 Å². The average molecular weight is 151 g/mol. The summed E-state index contributed by atoms with van der Waals surface area (Å²) in [5.41, 5.74) is 1.37. The second-order valence-corrected chi connectivity index (χ2v) is 2.79. The van der Waals surface area contributed by atoms with Crippen LogP contribution in [0.15, 0.2) is 24.3 Å². The highest BCUT2D eigenvalue weighted by Gasteiger charge is 2.11. The maximum atomic E-state index is 11.1. The molecule has 2 heteroatoms. The van der Waals surface area contributed by atoms with E-state index >= 15 is 0 Å². The minimum Gasteiger partial charge on any atom is -0.335 e. The van der Waals surface area contributed by atoms with Gasteiger partial charge in [0, 0.05) is 13.1 Å². The Bertz CT molecular complexity index is 206. The van der Waals surface area contributed by atoms with Crippen LogP contribution < -0.4 is 0 Å². The van der Waals surface area contributed by atoms with Crippen molar-refractivity contribution in [3.05, 3.63) is 24.3 Å². The van der Waals surface area contributed by atoms with E-state index in [0.717, 1.165) is 19.5 Å². The fourth-order valence-corrected chi connectivity index (χ4v) is 1.10. The van der Waals surface area contributed by atoms with Crippen LogP contribution >= 0.6 is 0 Å². The van der Waals surface area contributed by atoms with E-state index in [4.69, 9.17) is 0 Å². The fraction of sp³-hybridized carbons (Fsp3) is 0.444. The van der Waals surface area contributed by atoms with Gasteiger partial charge in [-0.15, -0.1) is 0 Å². The third-order valence-corrected chi connectivity index (χ3v) is 1.92. The van der Waals surface area contributed by atoms with Crippen molar-refractivity contribution in [2.45, 2.75) is 13.3 Å². The highest BCUT2D eigenvalue weighted by molar-refractivity contribution is 5.87. The van der Waals surface area contributed by atoms with Crippen molar-refractivity contribution in [3.8, 4) is 0 Å².